The van der Waals surface area contributed by atoms with E-state index in [0.29, 0.717) is 12.2 Å². The fourth-order valence-corrected chi connectivity index (χ4v) is 4.37. The molecule has 0 saturated carbocycles. The highest BCUT2D eigenvalue weighted by Crippen LogP contribution is 2.18. The Balaban J connectivity index is 1.74. The van der Waals surface area contributed by atoms with Gasteiger partial charge in [-0.1, -0.05) is 41.4 Å². The minimum Gasteiger partial charge on any atom is -0.354 e. The van der Waals surface area contributed by atoms with Crippen molar-refractivity contribution in [2.24, 2.45) is 0 Å². The highest BCUT2D eigenvalue weighted by Gasteiger charge is 2.20. The number of halogens is 1. The minimum absolute atomic E-state index is 0.222. The quantitative estimate of drug-likeness (QED) is 0.570. The van der Waals surface area contributed by atoms with Crippen LogP contribution in [0.2, 0.25) is 5.02 Å². The molecule has 2 aromatic carbocycles. The second-order valence-electron chi connectivity index (χ2n) is 6.49. The van der Waals surface area contributed by atoms with Crippen molar-refractivity contribution >= 4 is 45.0 Å². The number of nitrogens with zero attached hydrogens (tertiary/aromatic N) is 1. The van der Waals surface area contributed by atoms with Gasteiger partial charge in [-0.25, -0.2) is 8.42 Å². The van der Waals surface area contributed by atoms with Gasteiger partial charge >= 0.3 is 0 Å². The standard InChI is InChI=1S/C20H25ClN2O3S2/c1-16-4-10-19(11-5-16)23(28(2,25)26)14-20(24)22-12-3-13-27-15-17-6-8-18(21)9-7-17/h4-11H,3,12-15H2,1-2H3,(H,22,24). The van der Waals surface area contributed by atoms with E-state index >= 15 is 0 Å². The SMILES string of the molecule is Cc1ccc(N(CC(=O)NCCCSCc2ccc(Cl)cc2)S(C)(=O)=O)cc1. The lowest BCUT2D eigenvalue weighted by atomic mass is 10.2. The number of thioether (sulfide) groups is 1. The minimum atomic E-state index is -3.54. The Hall–Kier alpha value is -1.70. The number of hydrogen-bond donors (Lipinski definition) is 1. The average molecular weight is 441 g/mol. The number of carbonyl (C=O) groups is 1. The molecule has 0 aliphatic carbocycles. The van der Waals surface area contributed by atoms with Crippen molar-refractivity contribution < 1.29 is 13.2 Å². The third-order valence-corrected chi connectivity index (χ3v) is 6.49. The second-order valence-corrected chi connectivity index (χ2v) is 9.94. The Morgan fingerprint density at radius 2 is 1.75 bits per heavy atom. The molecule has 1 amide bonds. The number of sulfonamides is 1. The summed E-state index contributed by atoms with van der Waals surface area (Å²) in [5.41, 5.74) is 2.72. The first-order chi connectivity index (χ1) is 13.3. The molecule has 8 heteroatoms. The smallest absolute Gasteiger partial charge is 0.240 e. The molecule has 1 N–H and O–H groups in total. The van der Waals surface area contributed by atoms with Crippen LogP contribution in [0.15, 0.2) is 48.5 Å². The third kappa shape index (κ3) is 7.73. The Labute approximate surface area is 176 Å². The Bertz CT molecular complexity index is 869. The lowest BCUT2D eigenvalue weighted by Gasteiger charge is -2.22. The van der Waals surface area contributed by atoms with Crippen LogP contribution in [-0.4, -0.2) is 39.4 Å². The number of hydrogen-bond acceptors (Lipinski definition) is 4. The van der Waals surface area contributed by atoms with Gasteiger partial charge in [0.25, 0.3) is 0 Å². The number of carbonyl (C=O) groups excluding carboxylic acids is 1. The summed E-state index contributed by atoms with van der Waals surface area (Å²) < 4.78 is 25.2. The molecule has 0 atom stereocenters. The van der Waals surface area contributed by atoms with Crippen molar-refractivity contribution in [3.8, 4) is 0 Å². The molecule has 0 unspecified atom stereocenters. The van der Waals surface area contributed by atoms with Crippen LogP contribution < -0.4 is 9.62 Å². The Kier molecular flexibility index (Phi) is 8.66. The van der Waals surface area contributed by atoms with Crippen LogP contribution in [-0.2, 0) is 20.6 Å². The summed E-state index contributed by atoms with van der Waals surface area (Å²) in [6, 6.07) is 14.8. The van der Waals surface area contributed by atoms with Crippen LogP contribution in [0.3, 0.4) is 0 Å². The van der Waals surface area contributed by atoms with Crippen molar-refractivity contribution in [1.82, 2.24) is 5.32 Å². The fraction of sp³-hybridized carbons (Fsp3) is 0.350. The monoisotopic (exact) mass is 440 g/mol. The number of anilines is 1. The van der Waals surface area contributed by atoms with Crippen molar-refractivity contribution in [2.75, 3.05) is 29.4 Å². The van der Waals surface area contributed by atoms with E-state index in [1.807, 2.05) is 43.3 Å². The van der Waals surface area contributed by atoms with Crippen LogP contribution in [0.25, 0.3) is 0 Å². The molecule has 0 radical (unpaired) electrons. The number of rotatable bonds is 10. The maximum atomic E-state index is 12.2. The van der Waals surface area contributed by atoms with Crippen LogP contribution in [0.1, 0.15) is 17.5 Å². The van der Waals surface area contributed by atoms with Gasteiger partial charge in [0.2, 0.25) is 15.9 Å². The molecular formula is C20H25ClN2O3S2. The molecule has 0 aromatic heterocycles. The molecule has 2 rings (SSSR count). The molecule has 0 spiro atoms. The highest BCUT2D eigenvalue weighted by molar-refractivity contribution is 7.98. The summed E-state index contributed by atoms with van der Waals surface area (Å²) in [7, 11) is -3.54. The zero-order chi connectivity index (χ0) is 20.6. The van der Waals surface area contributed by atoms with Gasteiger partial charge in [0.1, 0.15) is 6.54 Å². The summed E-state index contributed by atoms with van der Waals surface area (Å²) in [5.74, 6) is 1.48. The number of amides is 1. The van der Waals surface area contributed by atoms with E-state index in [1.165, 1.54) is 5.56 Å². The molecule has 0 aliphatic rings. The molecule has 0 aliphatic heterocycles. The molecule has 0 bridgehead atoms. The van der Waals surface area contributed by atoms with E-state index in [9.17, 15) is 13.2 Å². The van der Waals surface area contributed by atoms with Crippen molar-refractivity contribution in [1.29, 1.82) is 0 Å². The van der Waals surface area contributed by atoms with Crippen LogP contribution in [0, 0.1) is 6.92 Å². The number of nitrogens with one attached hydrogen (secondary N) is 1. The predicted octanol–water partition coefficient (Wildman–Crippen LogP) is 3.85. The van der Waals surface area contributed by atoms with Gasteiger partial charge < -0.3 is 5.32 Å². The van der Waals surface area contributed by atoms with E-state index < -0.39 is 10.0 Å². The number of aryl methyl sites for hydroxylation is 1. The first-order valence-electron chi connectivity index (χ1n) is 8.89. The van der Waals surface area contributed by atoms with Gasteiger partial charge in [-0.15, -0.1) is 0 Å². The van der Waals surface area contributed by atoms with Crippen LogP contribution in [0.5, 0.6) is 0 Å². The Morgan fingerprint density at radius 3 is 2.36 bits per heavy atom. The molecule has 0 saturated heterocycles. The lowest BCUT2D eigenvalue weighted by Crippen LogP contribution is -2.40. The lowest BCUT2D eigenvalue weighted by molar-refractivity contribution is -0.119. The summed E-state index contributed by atoms with van der Waals surface area (Å²) in [4.78, 5) is 12.2. The molecule has 0 heterocycles. The van der Waals surface area contributed by atoms with Gasteiger partial charge in [-0.2, -0.15) is 11.8 Å². The molecular weight excluding hydrogens is 416 g/mol. The topological polar surface area (TPSA) is 66.5 Å². The van der Waals surface area contributed by atoms with E-state index in [0.717, 1.165) is 39.1 Å². The first kappa shape index (κ1) is 22.6. The van der Waals surface area contributed by atoms with Crippen LogP contribution >= 0.6 is 23.4 Å². The zero-order valence-electron chi connectivity index (χ0n) is 16.0. The van der Waals surface area contributed by atoms with Gasteiger partial charge in [0.15, 0.2) is 0 Å². The molecule has 0 fully saturated rings. The van der Waals surface area contributed by atoms with Gasteiger partial charge in [-0.05, 0) is 48.9 Å². The summed E-state index contributed by atoms with van der Waals surface area (Å²) in [6.45, 7) is 2.21. The van der Waals surface area contributed by atoms with Gasteiger partial charge in [-0.3, -0.25) is 9.10 Å². The molecule has 28 heavy (non-hydrogen) atoms. The molecule has 5 nitrogen and oxygen atoms in total. The average Bonchev–Trinajstić information content (AvgIpc) is 2.64. The van der Waals surface area contributed by atoms with E-state index in [2.05, 4.69) is 5.32 Å². The predicted molar refractivity (Wildman–Crippen MR) is 119 cm³/mol. The van der Waals surface area contributed by atoms with Crippen molar-refractivity contribution in [3.05, 3.63) is 64.7 Å². The van der Waals surface area contributed by atoms with E-state index in [1.54, 1.807) is 23.9 Å². The fourth-order valence-electron chi connectivity index (χ4n) is 2.47. The van der Waals surface area contributed by atoms with E-state index in [-0.39, 0.29) is 12.5 Å². The molecule has 152 valence electrons. The third-order valence-electron chi connectivity index (χ3n) is 3.98. The zero-order valence-corrected chi connectivity index (χ0v) is 18.4. The largest absolute Gasteiger partial charge is 0.354 e. The van der Waals surface area contributed by atoms with Crippen molar-refractivity contribution in [2.45, 2.75) is 19.1 Å². The number of benzene rings is 2. The maximum absolute atomic E-state index is 12.2. The van der Waals surface area contributed by atoms with Crippen molar-refractivity contribution in [3.63, 3.8) is 0 Å². The normalized spacial score (nSPS) is 11.2. The summed E-state index contributed by atoms with van der Waals surface area (Å²) in [6.07, 6.45) is 1.92. The van der Waals surface area contributed by atoms with E-state index in [4.69, 9.17) is 11.6 Å². The second kappa shape index (κ2) is 10.7. The Morgan fingerprint density at radius 1 is 1.11 bits per heavy atom. The maximum Gasteiger partial charge on any atom is 0.240 e. The molecule has 2 aromatic rings. The van der Waals surface area contributed by atoms with Gasteiger partial charge in [0.05, 0.1) is 11.9 Å². The van der Waals surface area contributed by atoms with Gasteiger partial charge in [0, 0.05) is 17.3 Å². The first-order valence-corrected chi connectivity index (χ1v) is 12.3. The summed E-state index contributed by atoms with van der Waals surface area (Å²) in [5, 5.41) is 3.52. The highest BCUT2D eigenvalue weighted by atomic mass is 35.5. The van der Waals surface area contributed by atoms with Crippen LogP contribution in [0.4, 0.5) is 5.69 Å². The summed E-state index contributed by atoms with van der Waals surface area (Å²) >= 11 is 7.65.